The highest BCUT2D eigenvalue weighted by Crippen LogP contribution is 2.31. The van der Waals surface area contributed by atoms with Crippen LogP contribution < -0.4 is 15.8 Å². The molecule has 0 aliphatic rings. The van der Waals surface area contributed by atoms with Crippen molar-refractivity contribution in [3.8, 4) is 5.75 Å². The van der Waals surface area contributed by atoms with Gasteiger partial charge in [-0.3, -0.25) is 0 Å². The quantitative estimate of drug-likeness (QED) is 0.816. The highest BCUT2D eigenvalue weighted by atomic mass is 16.5. The standard InChI is InChI=1S/C15H26N2O/c1-10(2)13-8-12(6-7-14(13)18-5)15(17-4)11(3)9-16/h6-8,10-11,15,17H,9,16H2,1-5H3. The van der Waals surface area contributed by atoms with Crippen LogP contribution in [0.2, 0.25) is 0 Å². The Morgan fingerprint density at radius 1 is 1.28 bits per heavy atom. The first kappa shape index (κ1) is 15.0. The third-order valence-electron chi connectivity index (χ3n) is 3.49. The van der Waals surface area contributed by atoms with E-state index in [1.165, 1.54) is 11.1 Å². The van der Waals surface area contributed by atoms with Gasteiger partial charge in [-0.15, -0.1) is 0 Å². The van der Waals surface area contributed by atoms with Crippen LogP contribution in [0.1, 0.15) is 43.9 Å². The summed E-state index contributed by atoms with van der Waals surface area (Å²) in [6, 6.07) is 6.70. The molecule has 102 valence electrons. The zero-order valence-corrected chi connectivity index (χ0v) is 12.2. The average Bonchev–Trinajstić information content (AvgIpc) is 2.39. The Morgan fingerprint density at radius 2 is 1.94 bits per heavy atom. The predicted octanol–water partition coefficient (Wildman–Crippen LogP) is 2.67. The van der Waals surface area contributed by atoms with Crippen molar-refractivity contribution >= 4 is 0 Å². The van der Waals surface area contributed by atoms with Crippen LogP contribution in [-0.4, -0.2) is 20.7 Å². The number of hydrogen-bond acceptors (Lipinski definition) is 3. The molecule has 1 aromatic carbocycles. The van der Waals surface area contributed by atoms with Crippen LogP contribution in [0.15, 0.2) is 18.2 Å². The van der Waals surface area contributed by atoms with Crippen LogP contribution in [0, 0.1) is 5.92 Å². The van der Waals surface area contributed by atoms with E-state index in [2.05, 4.69) is 44.3 Å². The molecule has 0 amide bonds. The molecule has 0 saturated carbocycles. The number of hydrogen-bond donors (Lipinski definition) is 2. The van der Waals surface area contributed by atoms with Crippen LogP contribution in [-0.2, 0) is 0 Å². The third-order valence-corrected chi connectivity index (χ3v) is 3.49. The monoisotopic (exact) mass is 250 g/mol. The summed E-state index contributed by atoms with van der Waals surface area (Å²) in [6.45, 7) is 7.21. The molecule has 3 nitrogen and oxygen atoms in total. The highest BCUT2D eigenvalue weighted by Gasteiger charge is 2.18. The van der Waals surface area contributed by atoms with Gasteiger partial charge < -0.3 is 15.8 Å². The second kappa shape index (κ2) is 6.76. The van der Waals surface area contributed by atoms with E-state index in [1.54, 1.807) is 7.11 Å². The van der Waals surface area contributed by atoms with E-state index in [9.17, 15) is 0 Å². The van der Waals surface area contributed by atoms with Crippen LogP contribution in [0.3, 0.4) is 0 Å². The average molecular weight is 250 g/mol. The van der Waals surface area contributed by atoms with Crippen molar-refractivity contribution in [1.29, 1.82) is 0 Å². The molecule has 0 heterocycles. The molecule has 0 bridgehead atoms. The smallest absolute Gasteiger partial charge is 0.122 e. The fraction of sp³-hybridized carbons (Fsp3) is 0.600. The van der Waals surface area contributed by atoms with Gasteiger partial charge in [-0.2, -0.15) is 0 Å². The molecule has 2 unspecified atom stereocenters. The lowest BCUT2D eigenvalue weighted by atomic mass is 9.91. The Bertz CT molecular complexity index is 377. The Balaban J connectivity index is 3.13. The fourth-order valence-corrected chi connectivity index (χ4v) is 2.31. The summed E-state index contributed by atoms with van der Waals surface area (Å²) in [5, 5.41) is 3.35. The van der Waals surface area contributed by atoms with Crippen LogP contribution >= 0.6 is 0 Å². The molecule has 0 aromatic heterocycles. The summed E-state index contributed by atoms with van der Waals surface area (Å²) < 4.78 is 5.42. The first-order valence-electron chi connectivity index (χ1n) is 6.60. The lowest BCUT2D eigenvalue weighted by molar-refractivity contribution is 0.402. The van der Waals surface area contributed by atoms with Crippen LogP contribution in [0.5, 0.6) is 5.75 Å². The summed E-state index contributed by atoms with van der Waals surface area (Å²) in [5.74, 6) is 1.82. The number of nitrogens with two attached hydrogens (primary N) is 1. The molecular formula is C15H26N2O. The Morgan fingerprint density at radius 3 is 2.39 bits per heavy atom. The van der Waals surface area contributed by atoms with Gasteiger partial charge in [0.15, 0.2) is 0 Å². The molecule has 0 aliphatic carbocycles. The van der Waals surface area contributed by atoms with Crippen LogP contribution in [0.25, 0.3) is 0 Å². The molecule has 1 rings (SSSR count). The zero-order chi connectivity index (χ0) is 13.7. The second-order valence-corrected chi connectivity index (χ2v) is 5.14. The minimum atomic E-state index is 0.290. The first-order chi connectivity index (χ1) is 8.54. The van der Waals surface area contributed by atoms with Gasteiger partial charge in [-0.25, -0.2) is 0 Å². The van der Waals surface area contributed by atoms with E-state index in [4.69, 9.17) is 10.5 Å². The molecule has 0 spiro atoms. The first-order valence-corrected chi connectivity index (χ1v) is 6.60. The predicted molar refractivity (Wildman–Crippen MR) is 77.1 cm³/mol. The van der Waals surface area contributed by atoms with Gasteiger partial charge >= 0.3 is 0 Å². The number of benzene rings is 1. The lowest BCUT2D eigenvalue weighted by Crippen LogP contribution is -2.28. The van der Waals surface area contributed by atoms with E-state index in [1.807, 2.05) is 7.05 Å². The number of ether oxygens (including phenoxy) is 1. The maximum atomic E-state index is 5.78. The minimum absolute atomic E-state index is 0.290. The Hall–Kier alpha value is -1.06. The lowest BCUT2D eigenvalue weighted by Gasteiger charge is -2.24. The van der Waals surface area contributed by atoms with Crippen molar-refractivity contribution in [3.63, 3.8) is 0 Å². The van der Waals surface area contributed by atoms with Gasteiger partial charge in [-0.1, -0.05) is 32.9 Å². The Labute approximate surface area is 111 Å². The number of methoxy groups -OCH3 is 1. The fourth-order valence-electron chi connectivity index (χ4n) is 2.31. The van der Waals surface area contributed by atoms with Crippen molar-refractivity contribution < 1.29 is 4.74 Å². The summed E-state index contributed by atoms with van der Waals surface area (Å²) >= 11 is 0. The second-order valence-electron chi connectivity index (χ2n) is 5.14. The van der Waals surface area contributed by atoms with Gasteiger partial charge in [0.25, 0.3) is 0 Å². The van der Waals surface area contributed by atoms with Crippen molar-refractivity contribution in [2.45, 2.75) is 32.7 Å². The van der Waals surface area contributed by atoms with Crippen molar-refractivity contribution in [3.05, 3.63) is 29.3 Å². The maximum Gasteiger partial charge on any atom is 0.122 e. The van der Waals surface area contributed by atoms with Gasteiger partial charge in [-0.05, 0) is 42.6 Å². The van der Waals surface area contributed by atoms with Crippen LogP contribution in [0.4, 0.5) is 0 Å². The maximum absolute atomic E-state index is 5.78. The Kier molecular flexibility index (Phi) is 5.63. The van der Waals surface area contributed by atoms with E-state index >= 15 is 0 Å². The molecular weight excluding hydrogens is 224 g/mol. The minimum Gasteiger partial charge on any atom is -0.496 e. The normalized spacial score (nSPS) is 14.6. The molecule has 1 aromatic rings. The topological polar surface area (TPSA) is 47.3 Å². The summed E-state index contributed by atoms with van der Waals surface area (Å²) in [7, 11) is 3.70. The molecule has 0 aliphatic heterocycles. The van der Waals surface area contributed by atoms with E-state index in [0.717, 1.165) is 5.75 Å². The van der Waals surface area contributed by atoms with Crippen molar-refractivity contribution in [2.75, 3.05) is 20.7 Å². The summed E-state index contributed by atoms with van der Waals surface area (Å²) in [4.78, 5) is 0. The molecule has 18 heavy (non-hydrogen) atoms. The number of nitrogens with one attached hydrogen (secondary N) is 1. The summed E-state index contributed by atoms with van der Waals surface area (Å²) in [5.41, 5.74) is 8.30. The van der Waals surface area contributed by atoms with E-state index in [-0.39, 0.29) is 0 Å². The van der Waals surface area contributed by atoms with Crippen molar-refractivity contribution in [2.24, 2.45) is 11.7 Å². The molecule has 0 fully saturated rings. The zero-order valence-electron chi connectivity index (χ0n) is 12.2. The van der Waals surface area contributed by atoms with Gasteiger partial charge in [0, 0.05) is 6.04 Å². The van der Waals surface area contributed by atoms with Crippen molar-refractivity contribution in [1.82, 2.24) is 5.32 Å². The largest absolute Gasteiger partial charge is 0.496 e. The van der Waals surface area contributed by atoms with Gasteiger partial charge in [0.2, 0.25) is 0 Å². The summed E-state index contributed by atoms with van der Waals surface area (Å²) in [6.07, 6.45) is 0. The molecule has 3 heteroatoms. The molecule has 2 atom stereocenters. The highest BCUT2D eigenvalue weighted by molar-refractivity contribution is 5.40. The van der Waals surface area contributed by atoms with E-state index < -0.39 is 0 Å². The molecule has 0 saturated heterocycles. The van der Waals surface area contributed by atoms with Gasteiger partial charge in [0.05, 0.1) is 7.11 Å². The SMILES string of the molecule is CNC(c1ccc(OC)c(C(C)C)c1)C(C)CN. The van der Waals surface area contributed by atoms with E-state index in [0.29, 0.717) is 24.4 Å². The number of rotatable bonds is 6. The third kappa shape index (κ3) is 3.24. The molecule has 0 radical (unpaired) electrons. The van der Waals surface area contributed by atoms with Gasteiger partial charge in [0.1, 0.15) is 5.75 Å². The molecule has 3 N–H and O–H groups in total.